The summed E-state index contributed by atoms with van der Waals surface area (Å²) in [5.74, 6) is 0.346. The van der Waals surface area contributed by atoms with Crippen LogP contribution in [0.4, 0.5) is 8.78 Å². The van der Waals surface area contributed by atoms with Gasteiger partial charge in [-0.1, -0.05) is 35.5 Å². The summed E-state index contributed by atoms with van der Waals surface area (Å²) in [6.07, 6.45) is 1.72. The van der Waals surface area contributed by atoms with Gasteiger partial charge >= 0.3 is 6.55 Å². The van der Waals surface area contributed by atoms with Crippen LogP contribution in [0, 0.1) is 0 Å². The zero-order valence-corrected chi connectivity index (χ0v) is 18.5. The van der Waals surface area contributed by atoms with Crippen LogP contribution >= 0.6 is 23.4 Å². The van der Waals surface area contributed by atoms with Gasteiger partial charge in [-0.3, -0.25) is 13.9 Å². The Balaban J connectivity index is 1.55. The lowest BCUT2D eigenvalue weighted by Crippen LogP contribution is -2.28. The molecule has 0 N–H and O–H groups in total. The number of alkyl halides is 2. The van der Waals surface area contributed by atoms with Crippen molar-refractivity contribution in [1.82, 2.24) is 19.1 Å². The number of para-hydroxylation sites is 2. The summed E-state index contributed by atoms with van der Waals surface area (Å²) in [4.78, 5) is 22.3. The number of imidazole rings is 1. The van der Waals surface area contributed by atoms with Crippen molar-refractivity contribution in [3.05, 3.63) is 63.7 Å². The molecule has 4 aromatic rings. The molecule has 0 saturated carbocycles. The Hall–Kier alpha value is -2.49. The molecule has 0 spiro atoms. The lowest BCUT2D eigenvalue weighted by atomic mass is 10.2. The molecule has 1 fully saturated rings. The zero-order valence-electron chi connectivity index (χ0n) is 16.9. The van der Waals surface area contributed by atoms with Crippen molar-refractivity contribution >= 4 is 45.3 Å². The first-order chi connectivity index (χ1) is 15.5. The third kappa shape index (κ3) is 4.00. The van der Waals surface area contributed by atoms with Gasteiger partial charge in [0.15, 0.2) is 5.16 Å². The predicted octanol–water partition coefficient (Wildman–Crippen LogP) is 5.27. The van der Waals surface area contributed by atoms with E-state index in [0.717, 1.165) is 17.4 Å². The SMILES string of the molecule is O=c1c2ccc(Cl)cc2nc(SCc2nc3ccccc3n2C(F)F)n1CC1CCCO1. The number of fused-ring (bicyclic) bond motifs is 2. The van der Waals surface area contributed by atoms with Crippen LogP contribution in [0.3, 0.4) is 0 Å². The number of thioether (sulfide) groups is 1. The Morgan fingerprint density at radius 3 is 2.81 bits per heavy atom. The Morgan fingerprint density at radius 1 is 1.19 bits per heavy atom. The van der Waals surface area contributed by atoms with Gasteiger partial charge in [-0.25, -0.2) is 9.97 Å². The number of rotatable bonds is 6. The Morgan fingerprint density at radius 2 is 2.03 bits per heavy atom. The first-order valence-electron chi connectivity index (χ1n) is 10.2. The van der Waals surface area contributed by atoms with E-state index in [1.54, 1.807) is 47.0 Å². The molecular weight excluding hydrogens is 458 g/mol. The minimum Gasteiger partial charge on any atom is -0.376 e. The highest BCUT2D eigenvalue weighted by atomic mass is 35.5. The van der Waals surface area contributed by atoms with E-state index in [2.05, 4.69) is 9.97 Å². The molecule has 1 saturated heterocycles. The summed E-state index contributed by atoms with van der Waals surface area (Å²) in [6, 6.07) is 11.7. The molecule has 5 rings (SSSR count). The Kier molecular flexibility index (Phi) is 5.88. The summed E-state index contributed by atoms with van der Waals surface area (Å²) < 4.78 is 35.8. The van der Waals surface area contributed by atoms with Gasteiger partial charge in [0.05, 0.1) is 40.3 Å². The van der Waals surface area contributed by atoms with Gasteiger partial charge in [0.2, 0.25) is 0 Å². The summed E-state index contributed by atoms with van der Waals surface area (Å²) in [7, 11) is 0. The quantitative estimate of drug-likeness (QED) is 0.280. The van der Waals surface area contributed by atoms with Gasteiger partial charge in [0, 0.05) is 11.6 Å². The van der Waals surface area contributed by atoms with Crippen molar-refractivity contribution in [2.75, 3.05) is 6.61 Å². The summed E-state index contributed by atoms with van der Waals surface area (Å²) in [5, 5.41) is 1.35. The van der Waals surface area contributed by atoms with Crippen LogP contribution in [-0.2, 0) is 17.0 Å². The fourth-order valence-corrected chi connectivity index (χ4v) is 5.08. The number of ether oxygens (including phenoxy) is 1. The second kappa shape index (κ2) is 8.80. The molecule has 1 unspecified atom stereocenters. The molecule has 1 atom stereocenters. The van der Waals surface area contributed by atoms with E-state index >= 15 is 0 Å². The van der Waals surface area contributed by atoms with E-state index in [-0.39, 0.29) is 23.2 Å². The standard InChI is InChI=1S/C22H19ClF2N4O2S/c23-13-7-8-15-17(10-13)27-22(28(20(15)30)11-14-4-3-9-31-14)32-12-19-26-16-5-1-2-6-18(16)29(19)21(24)25/h1-2,5-8,10,14,21H,3-4,9,11-12H2. The van der Waals surface area contributed by atoms with Crippen LogP contribution < -0.4 is 5.56 Å². The lowest BCUT2D eigenvalue weighted by Gasteiger charge is -2.16. The van der Waals surface area contributed by atoms with Crippen molar-refractivity contribution in [3.63, 3.8) is 0 Å². The molecule has 10 heteroatoms. The molecule has 0 amide bonds. The van der Waals surface area contributed by atoms with Crippen LogP contribution in [-0.4, -0.2) is 31.8 Å². The monoisotopic (exact) mass is 476 g/mol. The largest absolute Gasteiger partial charge is 0.376 e. The minimum atomic E-state index is -2.73. The maximum atomic E-state index is 13.8. The number of halogens is 3. The molecule has 1 aliphatic heterocycles. The lowest BCUT2D eigenvalue weighted by molar-refractivity contribution is 0.0722. The summed E-state index contributed by atoms with van der Waals surface area (Å²) in [6.45, 7) is -1.70. The van der Waals surface area contributed by atoms with Crippen LogP contribution in [0.1, 0.15) is 25.2 Å². The third-order valence-electron chi connectivity index (χ3n) is 5.49. The zero-order chi connectivity index (χ0) is 22.2. The number of benzene rings is 2. The van der Waals surface area contributed by atoms with Crippen molar-refractivity contribution in [2.24, 2.45) is 0 Å². The highest BCUT2D eigenvalue weighted by molar-refractivity contribution is 7.98. The van der Waals surface area contributed by atoms with Gasteiger partial charge in [0.25, 0.3) is 5.56 Å². The molecule has 2 aromatic heterocycles. The third-order valence-corrected chi connectivity index (χ3v) is 6.69. The fourth-order valence-electron chi connectivity index (χ4n) is 3.98. The average molecular weight is 477 g/mol. The smallest absolute Gasteiger partial charge is 0.320 e. The van der Waals surface area contributed by atoms with Crippen LogP contribution in [0.5, 0.6) is 0 Å². The van der Waals surface area contributed by atoms with Gasteiger partial charge in [0.1, 0.15) is 5.82 Å². The van der Waals surface area contributed by atoms with Crippen LogP contribution in [0.2, 0.25) is 5.02 Å². The predicted molar refractivity (Wildman–Crippen MR) is 121 cm³/mol. The van der Waals surface area contributed by atoms with E-state index in [0.29, 0.717) is 45.3 Å². The van der Waals surface area contributed by atoms with Gasteiger partial charge in [-0.05, 0) is 43.2 Å². The molecule has 0 radical (unpaired) electrons. The molecule has 3 heterocycles. The molecule has 2 aromatic carbocycles. The van der Waals surface area contributed by atoms with E-state index < -0.39 is 6.55 Å². The van der Waals surface area contributed by atoms with E-state index in [4.69, 9.17) is 16.3 Å². The van der Waals surface area contributed by atoms with Crippen LogP contribution in [0.15, 0.2) is 52.4 Å². The van der Waals surface area contributed by atoms with Crippen molar-refractivity contribution < 1.29 is 13.5 Å². The first-order valence-corrected chi connectivity index (χ1v) is 11.6. The van der Waals surface area contributed by atoms with Crippen LogP contribution in [0.25, 0.3) is 21.9 Å². The number of hydrogen-bond acceptors (Lipinski definition) is 5. The maximum Gasteiger partial charge on any atom is 0.320 e. The molecule has 0 bridgehead atoms. The number of nitrogens with zero attached hydrogens (tertiary/aromatic N) is 4. The van der Waals surface area contributed by atoms with Crippen molar-refractivity contribution in [1.29, 1.82) is 0 Å². The highest BCUT2D eigenvalue weighted by Gasteiger charge is 2.22. The topological polar surface area (TPSA) is 61.9 Å². The molecular formula is C22H19ClF2N4O2S. The van der Waals surface area contributed by atoms with E-state index in [1.807, 2.05) is 0 Å². The summed E-state index contributed by atoms with van der Waals surface area (Å²) in [5.41, 5.74) is 1.13. The molecule has 1 aliphatic rings. The van der Waals surface area contributed by atoms with E-state index in [9.17, 15) is 13.6 Å². The molecule has 0 aliphatic carbocycles. The maximum absolute atomic E-state index is 13.8. The molecule has 166 valence electrons. The van der Waals surface area contributed by atoms with Crippen molar-refractivity contribution in [3.8, 4) is 0 Å². The second-order valence-corrected chi connectivity index (χ2v) is 8.94. The number of aromatic nitrogens is 4. The Bertz CT molecular complexity index is 1350. The fraction of sp³-hybridized carbons (Fsp3) is 0.318. The minimum absolute atomic E-state index is 0.0794. The molecule has 32 heavy (non-hydrogen) atoms. The highest BCUT2D eigenvalue weighted by Crippen LogP contribution is 2.29. The van der Waals surface area contributed by atoms with Gasteiger partial charge in [-0.2, -0.15) is 8.78 Å². The first kappa shape index (κ1) is 21.4. The van der Waals surface area contributed by atoms with Crippen molar-refractivity contribution in [2.45, 2.75) is 42.9 Å². The second-order valence-electron chi connectivity index (χ2n) is 7.56. The normalized spacial score (nSPS) is 16.6. The van der Waals surface area contributed by atoms with E-state index in [1.165, 1.54) is 11.8 Å². The van der Waals surface area contributed by atoms with Gasteiger partial charge < -0.3 is 4.74 Å². The van der Waals surface area contributed by atoms with Gasteiger partial charge in [-0.15, -0.1) is 0 Å². The Labute approximate surface area is 191 Å². The summed E-state index contributed by atoms with van der Waals surface area (Å²) >= 11 is 7.30. The average Bonchev–Trinajstić information content (AvgIpc) is 3.41. The number of hydrogen-bond donors (Lipinski definition) is 0. The molecule has 6 nitrogen and oxygen atoms in total.